The van der Waals surface area contributed by atoms with Gasteiger partial charge in [-0.1, -0.05) is 13.8 Å². The van der Waals surface area contributed by atoms with Gasteiger partial charge in [0.2, 0.25) is 6.23 Å². The number of methoxy groups -OCH3 is 2. The molecule has 94 valence electrons. The highest BCUT2D eigenvalue weighted by atomic mass is 32.1. The largest absolute Gasteiger partial charge is 0.492 e. The van der Waals surface area contributed by atoms with E-state index in [9.17, 15) is 0 Å². The molecule has 2 aliphatic heterocycles. The lowest BCUT2D eigenvalue weighted by molar-refractivity contribution is -0.914. The monoisotopic (exact) mass is 248 g/mol. The molecule has 0 bridgehead atoms. The first-order valence-electron chi connectivity index (χ1n) is 5.30. The van der Waals surface area contributed by atoms with E-state index >= 15 is 0 Å². The van der Waals surface area contributed by atoms with Crippen LogP contribution in [0.25, 0.3) is 0 Å². The van der Waals surface area contributed by atoms with E-state index in [0.717, 1.165) is 10.7 Å². The maximum absolute atomic E-state index is 5.56. The van der Waals surface area contributed by atoms with Crippen LogP contribution in [0.4, 0.5) is 0 Å². The standard InChI is InChI=1S/C9H13NO3.C2H6.H2S/c1-11-7-4-3-5-10-8(12-2)6-13-9(7)10;1-2;/h3-5,8-9H,6H2,1-2H3;1-2H3;1H2/p+1. The van der Waals surface area contributed by atoms with Crippen molar-refractivity contribution in [1.29, 1.82) is 0 Å². The molecule has 2 aliphatic rings. The van der Waals surface area contributed by atoms with Crippen molar-refractivity contribution in [2.45, 2.75) is 26.3 Å². The van der Waals surface area contributed by atoms with Gasteiger partial charge >= 0.3 is 0 Å². The highest BCUT2D eigenvalue weighted by molar-refractivity contribution is 7.59. The molecule has 1 saturated heterocycles. The van der Waals surface area contributed by atoms with Crippen LogP contribution in [0, 0.1) is 0 Å². The number of quaternary nitrogens is 1. The van der Waals surface area contributed by atoms with Crippen LogP contribution in [0.1, 0.15) is 13.8 Å². The molecule has 0 aliphatic carbocycles. The van der Waals surface area contributed by atoms with Gasteiger partial charge in [0.1, 0.15) is 6.61 Å². The second-order valence-corrected chi connectivity index (χ2v) is 3.07. The van der Waals surface area contributed by atoms with Crippen molar-refractivity contribution >= 4 is 13.5 Å². The summed E-state index contributed by atoms with van der Waals surface area (Å²) in [5.41, 5.74) is 0. The molecule has 3 atom stereocenters. The Hall–Kier alpha value is -0.490. The van der Waals surface area contributed by atoms with Crippen molar-refractivity contribution in [1.82, 2.24) is 0 Å². The molecule has 0 aromatic heterocycles. The number of nitrogens with one attached hydrogen (secondary N) is 1. The molecule has 0 radical (unpaired) electrons. The summed E-state index contributed by atoms with van der Waals surface area (Å²) in [5.74, 6) is 0.858. The zero-order chi connectivity index (χ0) is 11.3. The van der Waals surface area contributed by atoms with Gasteiger partial charge in [0.25, 0.3) is 6.23 Å². The molecule has 16 heavy (non-hydrogen) atoms. The molecule has 2 rings (SSSR count). The number of hydrogen-bond acceptors (Lipinski definition) is 3. The van der Waals surface area contributed by atoms with Crippen LogP contribution in [-0.4, -0.2) is 33.3 Å². The summed E-state index contributed by atoms with van der Waals surface area (Å²) in [6.45, 7) is 4.61. The van der Waals surface area contributed by atoms with Crippen molar-refractivity contribution in [3.63, 3.8) is 0 Å². The molecule has 0 spiro atoms. The molecular weight excluding hydrogens is 226 g/mol. The molecule has 1 fully saturated rings. The highest BCUT2D eigenvalue weighted by Crippen LogP contribution is 2.11. The molecule has 2 heterocycles. The average molecular weight is 248 g/mol. The molecule has 4 nitrogen and oxygen atoms in total. The summed E-state index contributed by atoms with van der Waals surface area (Å²) >= 11 is 0. The first-order valence-corrected chi connectivity index (χ1v) is 5.30. The predicted octanol–water partition coefficient (Wildman–Crippen LogP) is 0.397. The van der Waals surface area contributed by atoms with Crippen LogP contribution in [0.15, 0.2) is 24.1 Å². The summed E-state index contributed by atoms with van der Waals surface area (Å²) in [7, 11) is 3.36. The third-order valence-electron chi connectivity index (χ3n) is 2.42. The Labute approximate surface area is 104 Å². The average Bonchev–Trinajstić information content (AvgIpc) is 2.74. The van der Waals surface area contributed by atoms with Gasteiger partial charge in [-0.15, -0.1) is 0 Å². The topological polar surface area (TPSA) is 32.1 Å². The smallest absolute Gasteiger partial charge is 0.257 e. The minimum atomic E-state index is -0.0278. The molecule has 0 aromatic carbocycles. The first kappa shape index (κ1) is 15.5. The summed E-state index contributed by atoms with van der Waals surface area (Å²) < 4.78 is 16.0. The van der Waals surface area contributed by atoms with Crippen molar-refractivity contribution in [2.24, 2.45) is 0 Å². The fourth-order valence-electron chi connectivity index (χ4n) is 1.71. The fourth-order valence-corrected chi connectivity index (χ4v) is 1.71. The van der Waals surface area contributed by atoms with Gasteiger partial charge in [0.05, 0.1) is 13.3 Å². The van der Waals surface area contributed by atoms with Gasteiger partial charge in [0, 0.05) is 7.11 Å². The van der Waals surface area contributed by atoms with Crippen molar-refractivity contribution in [3.05, 3.63) is 24.1 Å². The zero-order valence-corrected chi connectivity index (χ0v) is 11.3. The summed E-state index contributed by atoms with van der Waals surface area (Å²) in [5, 5.41) is 0. The molecule has 5 heteroatoms. The number of fused-ring (bicyclic) bond motifs is 1. The van der Waals surface area contributed by atoms with E-state index in [0.29, 0.717) is 6.61 Å². The highest BCUT2D eigenvalue weighted by Gasteiger charge is 2.41. The van der Waals surface area contributed by atoms with E-state index in [4.69, 9.17) is 14.2 Å². The number of rotatable bonds is 2. The van der Waals surface area contributed by atoms with Crippen molar-refractivity contribution in [2.75, 3.05) is 20.8 Å². The Morgan fingerprint density at radius 3 is 2.62 bits per heavy atom. The van der Waals surface area contributed by atoms with E-state index in [2.05, 4.69) is 0 Å². The van der Waals surface area contributed by atoms with Gasteiger partial charge in [-0.25, -0.2) is 4.90 Å². The van der Waals surface area contributed by atoms with E-state index in [1.54, 1.807) is 14.2 Å². The lowest BCUT2D eigenvalue weighted by atomic mass is 10.3. The number of ether oxygens (including phenoxy) is 3. The second kappa shape index (κ2) is 7.73. The third-order valence-corrected chi connectivity index (χ3v) is 2.42. The number of allylic oxidation sites excluding steroid dienone is 2. The molecule has 0 amide bonds. The first-order chi connectivity index (χ1) is 7.36. The van der Waals surface area contributed by atoms with Crippen LogP contribution in [-0.2, 0) is 14.2 Å². The normalized spacial score (nSPS) is 30.5. The third kappa shape index (κ3) is 3.01. The Bertz CT molecular complexity index is 256. The van der Waals surface area contributed by atoms with Crippen LogP contribution in [0.3, 0.4) is 0 Å². The molecule has 1 N–H and O–H groups in total. The minimum absolute atomic E-state index is 0. The van der Waals surface area contributed by atoms with Gasteiger partial charge in [0.15, 0.2) is 5.76 Å². The van der Waals surface area contributed by atoms with Gasteiger partial charge < -0.3 is 14.2 Å². The minimum Gasteiger partial charge on any atom is -0.492 e. The SMILES string of the molecule is CC.COC1=CC=C[NH+]2C(OC)COC12.S. The van der Waals surface area contributed by atoms with Gasteiger partial charge in [-0.2, -0.15) is 13.5 Å². The maximum Gasteiger partial charge on any atom is 0.257 e. The molecule has 0 aromatic rings. The second-order valence-electron chi connectivity index (χ2n) is 3.07. The predicted molar refractivity (Wildman–Crippen MR) is 67.5 cm³/mol. The summed E-state index contributed by atoms with van der Waals surface area (Å²) in [4.78, 5) is 1.15. The lowest BCUT2D eigenvalue weighted by Crippen LogP contribution is -3.14. The molecule has 3 unspecified atom stereocenters. The van der Waals surface area contributed by atoms with E-state index in [1.807, 2.05) is 32.2 Å². The van der Waals surface area contributed by atoms with E-state index < -0.39 is 0 Å². The van der Waals surface area contributed by atoms with Crippen LogP contribution < -0.4 is 4.90 Å². The molecular formula is C11H22NO3S+. The van der Waals surface area contributed by atoms with Gasteiger partial charge in [-0.05, 0) is 12.2 Å². The van der Waals surface area contributed by atoms with Gasteiger partial charge in [-0.3, -0.25) is 0 Å². The quantitative estimate of drug-likeness (QED) is 0.767. The van der Waals surface area contributed by atoms with Crippen LogP contribution >= 0.6 is 13.5 Å². The van der Waals surface area contributed by atoms with Crippen LogP contribution in [0.2, 0.25) is 0 Å². The Morgan fingerprint density at radius 2 is 2.06 bits per heavy atom. The summed E-state index contributed by atoms with van der Waals surface area (Å²) in [6.07, 6.45) is 5.98. The maximum atomic E-state index is 5.56. The van der Waals surface area contributed by atoms with Crippen LogP contribution in [0.5, 0.6) is 0 Å². The lowest BCUT2D eigenvalue weighted by Gasteiger charge is -2.22. The van der Waals surface area contributed by atoms with Crippen molar-refractivity contribution in [3.8, 4) is 0 Å². The van der Waals surface area contributed by atoms with Crippen molar-refractivity contribution < 1.29 is 19.1 Å². The fraction of sp³-hybridized carbons (Fsp3) is 0.636. The Morgan fingerprint density at radius 1 is 1.38 bits per heavy atom. The zero-order valence-electron chi connectivity index (χ0n) is 10.3. The summed E-state index contributed by atoms with van der Waals surface area (Å²) in [6, 6.07) is 0. The Balaban J connectivity index is 0.000000711. The Kier molecular flexibility index (Phi) is 7.49. The van der Waals surface area contributed by atoms with E-state index in [1.165, 1.54) is 0 Å². The van der Waals surface area contributed by atoms with E-state index in [-0.39, 0.29) is 26.0 Å². The number of hydrogen-bond donors (Lipinski definition) is 1. The molecule has 0 saturated carbocycles.